The maximum atomic E-state index is 5.17. The summed E-state index contributed by atoms with van der Waals surface area (Å²) >= 11 is 0. The van der Waals surface area contributed by atoms with Crippen molar-refractivity contribution in [3.63, 3.8) is 0 Å². The zero-order chi connectivity index (χ0) is 32.6. The maximum Gasteiger partial charge on any atom is 0.182 e. The Bertz CT molecular complexity index is 2380. The third-order valence-electron chi connectivity index (χ3n) is 9.11. The van der Waals surface area contributed by atoms with E-state index in [9.17, 15) is 0 Å². The van der Waals surface area contributed by atoms with Crippen LogP contribution in [0.15, 0.2) is 164 Å². The van der Waals surface area contributed by atoms with E-state index in [1.54, 1.807) is 6.20 Å². The first-order valence-corrected chi connectivity index (χ1v) is 16.4. The molecule has 0 saturated heterocycles. The molecule has 0 unspecified atom stereocenters. The molecule has 1 aliphatic rings. The fourth-order valence-electron chi connectivity index (χ4n) is 6.74. The molecule has 0 N–H and O–H groups in total. The molecule has 0 saturated carbocycles. The summed E-state index contributed by atoms with van der Waals surface area (Å²) in [5.74, 6) is 1.60. The third-order valence-corrected chi connectivity index (χ3v) is 9.11. The number of rotatable bonds is 6. The average Bonchev–Trinajstić information content (AvgIpc) is 3.58. The first kappa shape index (κ1) is 30.7. The van der Waals surface area contributed by atoms with E-state index in [0.29, 0.717) is 28.9 Å². The number of benzene rings is 5. The van der Waals surface area contributed by atoms with Crippen molar-refractivity contribution in [1.82, 2.24) is 24.9 Å². The van der Waals surface area contributed by atoms with Crippen molar-refractivity contribution in [3.8, 4) is 79.1 Å². The van der Waals surface area contributed by atoms with Crippen LogP contribution in [0.1, 0.15) is 18.6 Å². The molecule has 0 bridgehead atoms. The van der Waals surface area contributed by atoms with E-state index in [2.05, 4.69) is 102 Å². The topological polar surface area (TPSA) is 64.5 Å². The fourth-order valence-corrected chi connectivity index (χ4v) is 6.74. The highest BCUT2D eigenvalue weighted by Crippen LogP contribution is 2.45. The molecule has 5 aromatic carbocycles. The predicted molar refractivity (Wildman–Crippen MR) is 203 cm³/mol. The molecular formula is C45H33N5. The molecular weight excluding hydrogens is 611 g/mol. The van der Waals surface area contributed by atoms with Crippen molar-refractivity contribution in [2.45, 2.75) is 13.8 Å². The lowest BCUT2D eigenvalue weighted by atomic mass is 9.94. The molecule has 8 aromatic rings. The quantitative estimate of drug-likeness (QED) is 0.180. The van der Waals surface area contributed by atoms with Gasteiger partial charge in [0.2, 0.25) is 0 Å². The summed E-state index contributed by atoms with van der Waals surface area (Å²) in [5, 5.41) is 0. The van der Waals surface area contributed by atoms with Crippen molar-refractivity contribution in [2.75, 3.05) is 0 Å². The van der Waals surface area contributed by atoms with Crippen LogP contribution >= 0.6 is 0 Å². The summed E-state index contributed by atoms with van der Waals surface area (Å²) < 4.78 is 0. The Morgan fingerprint density at radius 2 is 0.820 bits per heavy atom. The van der Waals surface area contributed by atoms with Gasteiger partial charge in [0.25, 0.3) is 0 Å². The summed E-state index contributed by atoms with van der Waals surface area (Å²) in [4.78, 5) is 24.2. The number of hydrogen-bond donors (Lipinski definition) is 0. The highest BCUT2D eigenvalue weighted by Gasteiger charge is 2.25. The molecule has 0 amide bonds. The smallest absolute Gasteiger partial charge is 0.182 e. The van der Waals surface area contributed by atoms with Gasteiger partial charge in [-0.15, -0.1) is 0 Å². The first-order chi connectivity index (χ1) is 24.3. The lowest BCUT2D eigenvalue weighted by Crippen LogP contribution is -2.02. The van der Waals surface area contributed by atoms with Gasteiger partial charge < -0.3 is 0 Å². The lowest BCUT2D eigenvalue weighted by Gasteiger charge is -2.11. The number of hydrogen-bond acceptors (Lipinski definition) is 5. The van der Waals surface area contributed by atoms with Crippen molar-refractivity contribution in [2.24, 2.45) is 0 Å². The van der Waals surface area contributed by atoms with Gasteiger partial charge in [-0.3, -0.25) is 4.98 Å². The second-order valence-corrected chi connectivity index (χ2v) is 12.1. The zero-order valence-electron chi connectivity index (χ0n) is 26.5. The molecule has 3 aromatic heterocycles. The Balaban J connectivity index is 0.00000361. The monoisotopic (exact) mass is 643 g/mol. The van der Waals surface area contributed by atoms with E-state index in [1.165, 1.54) is 44.5 Å². The van der Waals surface area contributed by atoms with E-state index in [0.717, 1.165) is 23.2 Å². The standard InChI is InChI=1S/C44H29N5.CH4/c1-3-12-29(13-4-1)30-23-25-31(26-24-30)33-16-9-17-34-35-18-10-19-36(38(35)28-37(33)34)39-21-11-22-41(46-39)44-48-42(32-14-5-2-6-15-32)47-43(49-44)40-20-7-8-27-45-40;/h1-27H,28H2;1H4. The van der Waals surface area contributed by atoms with Gasteiger partial charge in [-0.25, -0.2) is 19.9 Å². The molecule has 1 aliphatic carbocycles. The Morgan fingerprint density at radius 3 is 1.52 bits per heavy atom. The number of aromatic nitrogens is 5. The number of fused-ring (bicyclic) bond motifs is 3. The van der Waals surface area contributed by atoms with Crippen LogP contribution in [0.25, 0.3) is 79.1 Å². The SMILES string of the molecule is C.c1ccc(-c2ccc(-c3cccc4c3Cc3c(-c5cccc(-c6nc(-c7ccccc7)nc(-c7ccccn7)n6)n5)cccc3-4)cc2)cc1. The number of pyridine rings is 2. The van der Waals surface area contributed by atoms with Crippen LogP contribution < -0.4 is 0 Å². The van der Waals surface area contributed by atoms with Crippen LogP contribution in [0.5, 0.6) is 0 Å². The summed E-state index contributed by atoms with van der Waals surface area (Å²) in [7, 11) is 0. The van der Waals surface area contributed by atoms with Gasteiger partial charge in [0.05, 0.1) is 5.69 Å². The van der Waals surface area contributed by atoms with Gasteiger partial charge in [0.1, 0.15) is 11.4 Å². The molecule has 0 atom stereocenters. The van der Waals surface area contributed by atoms with Crippen LogP contribution in [0.3, 0.4) is 0 Å². The van der Waals surface area contributed by atoms with Crippen molar-refractivity contribution in [3.05, 3.63) is 175 Å². The number of nitrogens with zero attached hydrogens (tertiary/aromatic N) is 5. The minimum atomic E-state index is 0. The minimum absolute atomic E-state index is 0. The van der Waals surface area contributed by atoms with E-state index in [4.69, 9.17) is 19.9 Å². The summed E-state index contributed by atoms with van der Waals surface area (Å²) in [5.41, 5.74) is 14.4. The van der Waals surface area contributed by atoms with Gasteiger partial charge in [0, 0.05) is 17.3 Å². The molecule has 0 radical (unpaired) electrons. The molecule has 50 heavy (non-hydrogen) atoms. The molecule has 5 nitrogen and oxygen atoms in total. The van der Waals surface area contributed by atoms with Gasteiger partial charge in [-0.1, -0.05) is 141 Å². The van der Waals surface area contributed by atoms with Crippen LogP contribution in [-0.4, -0.2) is 24.9 Å². The maximum absolute atomic E-state index is 5.17. The van der Waals surface area contributed by atoms with E-state index >= 15 is 0 Å². The normalized spacial score (nSPS) is 11.4. The predicted octanol–water partition coefficient (Wildman–Crippen LogP) is 10.9. The molecule has 5 heteroatoms. The van der Waals surface area contributed by atoms with Gasteiger partial charge in [-0.2, -0.15) is 0 Å². The van der Waals surface area contributed by atoms with Gasteiger partial charge >= 0.3 is 0 Å². The average molecular weight is 644 g/mol. The van der Waals surface area contributed by atoms with Crippen molar-refractivity contribution >= 4 is 0 Å². The molecule has 0 fully saturated rings. The fraction of sp³-hybridized carbons (Fsp3) is 0.0444. The molecule has 0 spiro atoms. The third kappa shape index (κ3) is 5.65. The van der Waals surface area contributed by atoms with Crippen LogP contribution in [0.2, 0.25) is 0 Å². The zero-order valence-corrected chi connectivity index (χ0v) is 26.5. The Labute approximate surface area is 292 Å². The Kier molecular flexibility index (Phi) is 8.07. The highest BCUT2D eigenvalue weighted by molar-refractivity contribution is 5.89. The van der Waals surface area contributed by atoms with Crippen LogP contribution in [0, 0.1) is 0 Å². The van der Waals surface area contributed by atoms with Crippen LogP contribution in [-0.2, 0) is 6.42 Å². The minimum Gasteiger partial charge on any atom is -0.253 e. The van der Waals surface area contributed by atoms with E-state index in [-0.39, 0.29) is 7.43 Å². The molecule has 3 heterocycles. The second-order valence-electron chi connectivity index (χ2n) is 12.1. The summed E-state index contributed by atoms with van der Waals surface area (Å²) in [6.45, 7) is 0. The Hall–Kier alpha value is -6.59. The largest absolute Gasteiger partial charge is 0.253 e. The van der Waals surface area contributed by atoms with Gasteiger partial charge in [0.15, 0.2) is 17.5 Å². The second kappa shape index (κ2) is 13.1. The molecule has 0 aliphatic heterocycles. The van der Waals surface area contributed by atoms with Gasteiger partial charge in [-0.05, 0) is 75.2 Å². The molecule has 9 rings (SSSR count). The summed E-state index contributed by atoms with van der Waals surface area (Å²) in [6.07, 6.45) is 2.58. The molecule has 238 valence electrons. The first-order valence-electron chi connectivity index (χ1n) is 16.4. The van der Waals surface area contributed by atoms with Crippen molar-refractivity contribution in [1.29, 1.82) is 0 Å². The highest BCUT2D eigenvalue weighted by atomic mass is 15.1. The van der Waals surface area contributed by atoms with Crippen LogP contribution in [0.4, 0.5) is 0 Å². The van der Waals surface area contributed by atoms with E-state index in [1.807, 2.05) is 60.7 Å². The Morgan fingerprint density at radius 1 is 0.320 bits per heavy atom. The van der Waals surface area contributed by atoms with E-state index < -0.39 is 0 Å². The van der Waals surface area contributed by atoms with Crippen molar-refractivity contribution < 1.29 is 0 Å². The summed E-state index contributed by atoms with van der Waals surface area (Å²) in [6, 6.07) is 54.4. The lowest BCUT2D eigenvalue weighted by molar-refractivity contribution is 1.05.